The van der Waals surface area contributed by atoms with Crippen LogP contribution in [0.2, 0.25) is 0 Å². The average molecular weight is 771 g/mol. The van der Waals surface area contributed by atoms with Crippen molar-refractivity contribution in [3.8, 4) is 12.1 Å². The molecule has 23 nitrogen and oxygen atoms in total. The van der Waals surface area contributed by atoms with Crippen molar-refractivity contribution in [1.29, 1.82) is 10.5 Å². The SMILES string of the molecule is N#CCCOP(=O)(O)OC1C(COP(=O)(OCCC#N)OC2CC(n3cnc4c(=O)[nH]cnc43)OC2CO)OC(n2cnc3c(=O)[nH]cnc32)[C@@H]1F. The van der Waals surface area contributed by atoms with Crippen LogP contribution in [0.25, 0.3) is 22.3 Å². The van der Waals surface area contributed by atoms with Gasteiger partial charge in [0.25, 0.3) is 11.1 Å². The van der Waals surface area contributed by atoms with Gasteiger partial charge in [0.1, 0.15) is 30.6 Å². The van der Waals surface area contributed by atoms with Gasteiger partial charge in [-0.15, -0.1) is 0 Å². The summed E-state index contributed by atoms with van der Waals surface area (Å²) in [7, 11) is -9.82. The van der Waals surface area contributed by atoms with Crippen LogP contribution < -0.4 is 11.1 Å². The van der Waals surface area contributed by atoms with Crippen LogP contribution in [0.4, 0.5) is 4.39 Å². The molecular formula is C26H29FN10O13P2. The zero-order valence-corrected chi connectivity index (χ0v) is 28.3. The molecular weight excluding hydrogens is 741 g/mol. The molecule has 2 saturated heterocycles. The number of halogens is 1. The monoisotopic (exact) mass is 770 g/mol. The van der Waals surface area contributed by atoms with E-state index in [1.54, 1.807) is 12.1 Å². The number of H-pyrrole nitrogens is 2. The van der Waals surface area contributed by atoms with E-state index in [2.05, 4.69) is 29.9 Å². The summed E-state index contributed by atoms with van der Waals surface area (Å²) in [5.74, 6) is 0. The van der Waals surface area contributed by atoms with Gasteiger partial charge >= 0.3 is 15.6 Å². The number of imidazole rings is 2. The number of nitriles is 2. The van der Waals surface area contributed by atoms with E-state index in [0.29, 0.717) is 0 Å². The van der Waals surface area contributed by atoms with Gasteiger partial charge in [-0.1, -0.05) is 0 Å². The lowest BCUT2D eigenvalue weighted by Crippen LogP contribution is -2.34. The summed E-state index contributed by atoms with van der Waals surface area (Å²) < 4.78 is 83.7. The maximum Gasteiger partial charge on any atom is 0.475 e. The Kier molecular flexibility index (Phi) is 11.4. The van der Waals surface area contributed by atoms with Gasteiger partial charge in [-0.25, -0.2) is 33.5 Å². The highest BCUT2D eigenvalue weighted by atomic mass is 31.2. The lowest BCUT2D eigenvalue weighted by Gasteiger charge is -2.26. The Labute approximate surface area is 290 Å². The van der Waals surface area contributed by atoms with Crippen molar-refractivity contribution in [2.75, 3.05) is 26.4 Å². The number of aromatic amines is 2. The van der Waals surface area contributed by atoms with Gasteiger partial charge < -0.3 is 29.4 Å². The van der Waals surface area contributed by atoms with E-state index in [9.17, 15) is 28.7 Å². The third kappa shape index (κ3) is 7.88. The van der Waals surface area contributed by atoms with E-state index >= 15 is 4.39 Å². The van der Waals surface area contributed by atoms with E-state index < -0.39 is 96.2 Å². The van der Waals surface area contributed by atoms with Crippen LogP contribution in [0, 0.1) is 22.7 Å². The lowest BCUT2D eigenvalue weighted by atomic mass is 10.1. The summed E-state index contributed by atoms with van der Waals surface area (Å²) >= 11 is 0. The van der Waals surface area contributed by atoms with E-state index in [4.69, 9.17) is 42.6 Å². The fourth-order valence-electron chi connectivity index (χ4n) is 5.47. The van der Waals surface area contributed by atoms with Crippen LogP contribution >= 0.6 is 15.6 Å². The summed E-state index contributed by atoms with van der Waals surface area (Å²) in [4.78, 5) is 55.5. The van der Waals surface area contributed by atoms with E-state index in [1.165, 1.54) is 10.9 Å². The highest BCUT2D eigenvalue weighted by Gasteiger charge is 2.52. The molecule has 9 atom stereocenters. The number of nitrogens with zero attached hydrogens (tertiary/aromatic N) is 8. The topological polar surface area (TPSA) is 314 Å². The van der Waals surface area contributed by atoms with Crippen molar-refractivity contribution in [1.82, 2.24) is 39.0 Å². The van der Waals surface area contributed by atoms with Gasteiger partial charge in [0.15, 0.2) is 34.7 Å². The summed E-state index contributed by atoms with van der Waals surface area (Å²) in [5.41, 5.74) is -1.28. The number of nitrogens with one attached hydrogen (secondary N) is 2. The molecule has 0 aliphatic carbocycles. The standard InChI is InChI=1S/C26H29FN10O13P2/c27-18-21(50-51(41,42)44-5-1-3-28)16(48-26(18)37-13-35-20-23(37)31-11-33-25(20)40)9-46-52(43,45-6-2-4-29)49-14-7-17(47-15(14)8-38)36-12-34-19-22(36)30-10-32-24(19)39/h10-18,21,26,38H,1-2,5-9H2,(H,41,42)(H,30,32,39)(H,31,33,40)/t14?,15?,16?,17?,18-,21?,26?,52?/m1/s1. The van der Waals surface area contributed by atoms with Gasteiger partial charge in [-0.2, -0.15) is 10.5 Å². The van der Waals surface area contributed by atoms with Crippen molar-refractivity contribution in [2.24, 2.45) is 0 Å². The molecule has 6 rings (SSSR count). The molecule has 26 heteroatoms. The number of alkyl halides is 1. The Balaban J connectivity index is 1.24. The second-order valence-electron chi connectivity index (χ2n) is 11.1. The second kappa shape index (κ2) is 15.8. The van der Waals surface area contributed by atoms with Gasteiger partial charge in [0, 0.05) is 6.42 Å². The minimum absolute atomic E-state index is 0.0110. The molecule has 0 bridgehead atoms. The Morgan fingerprint density at radius 3 is 2.15 bits per heavy atom. The fraction of sp³-hybridized carbons (Fsp3) is 0.538. The molecule has 0 aromatic carbocycles. The minimum atomic E-state index is -5.05. The number of hydrogen-bond donors (Lipinski definition) is 4. The number of ether oxygens (including phenoxy) is 2. The third-order valence-electron chi connectivity index (χ3n) is 7.79. The van der Waals surface area contributed by atoms with Crippen LogP contribution in [0.15, 0.2) is 34.9 Å². The van der Waals surface area contributed by atoms with Gasteiger partial charge in [0.05, 0.1) is 76.7 Å². The summed E-state index contributed by atoms with van der Waals surface area (Å²) in [6.07, 6.45) is -6.99. The normalized spacial score (nSPS) is 27.0. The molecule has 278 valence electrons. The predicted octanol–water partition coefficient (Wildman–Crippen LogP) is 0.624. The number of hydrogen-bond acceptors (Lipinski definition) is 18. The van der Waals surface area contributed by atoms with E-state index in [0.717, 1.165) is 23.5 Å². The summed E-state index contributed by atoms with van der Waals surface area (Å²) in [6, 6.07) is 3.52. The molecule has 2 fully saturated rings. The molecule has 0 saturated carbocycles. The minimum Gasteiger partial charge on any atom is -0.394 e. The Hall–Kier alpha value is -4.29. The smallest absolute Gasteiger partial charge is 0.394 e. The zero-order valence-electron chi connectivity index (χ0n) is 26.5. The number of rotatable bonds is 16. The molecule has 0 spiro atoms. The molecule has 52 heavy (non-hydrogen) atoms. The van der Waals surface area contributed by atoms with E-state index in [1.807, 2.05) is 0 Å². The number of fused-ring (bicyclic) bond motifs is 2. The maximum absolute atomic E-state index is 16.2. The van der Waals surface area contributed by atoms with Crippen LogP contribution in [0.3, 0.4) is 0 Å². The second-order valence-corrected chi connectivity index (χ2v) is 14.1. The van der Waals surface area contributed by atoms with Crippen LogP contribution in [0.5, 0.6) is 0 Å². The average Bonchev–Trinajstić information content (AvgIpc) is 3.90. The quantitative estimate of drug-likeness (QED) is 0.0896. The van der Waals surface area contributed by atoms with Crippen molar-refractivity contribution >= 4 is 38.0 Å². The van der Waals surface area contributed by atoms with E-state index in [-0.39, 0.29) is 41.6 Å². The fourth-order valence-corrected chi connectivity index (χ4v) is 7.81. The summed E-state index contributed by atoms with van der Waals surface area (Å²) in [6.45, 7) is -2.52. The molecule has 6 heterocycles. The van der Waals surface area contributed by atoms with Gasteiger partial charge in [-0.05, 0) is 0 Å². The number of phosphoric ester groups is 2. The van der Waals surface area contributed by atoms with Gasteiger partial charge in [0.2, 0.25) is 0 Å². The number of aliphatic hydroxyl groups excluding tert-OH is 1. The molecule has 8 unspecified atom stereocenters. The van der Waals surface area contributed by atoms with Crippen molar-refractivity contribution in [3.05, 3.63) is 46.0 Å². The molecule has 4 N–H and O–H groups in total. The van der Waals surface area contributed by atoms with Crippen molar-refractivity contribution < 1.29 is 55.6 Å². The molecule has 2 aliphatic rings. The number of aliphatic hydroxyl groups is 1. The highest BCUT2D eigenvalue weighted by Crippen LogP contribution is 2.55. The van der Waals surface area contributed by atoms with Crippen LogP contribution in [-0.4, -0.2) is 106 Å². The van der Waals surface area contributed by atoms with Crippen molar-refractivity contribution in [3.63, 3.8) is 0 Å². The molecule has 0 amide bonds. The molecule has 4 aromatic rings. The molecule has 2 aliphatic heterocycles. The Morgan fingerprint density at radius 2 is 1.52 bits per heavy atom. The first kappa shape index (κ1) is 37.5. The zero-order chi connectivity index (χ0) is 37.0. The largest absolute Gasteiger partial charge is 0.475 e. The number of phosphoric acid groups is 2. The Bertz CT molecular complexity index is 2200. The van der Waals surface area contributed by atoms with Crippen molar-refractivity contribution in [2.45, 2.75) is 62.3 Å². The predicted molar refractivity (Wildman–Crippen MR) is 166 cm³/mol. The maximum atomic E-state index is 16.2. The lowest BCUT2D eigenvalue weighted by molar-refractivity contribution is -0.0588. The first-order valence-corrected chi connectivity index (χ1v) is 18.3. The van der Waals surface area contributed by atoms with Crippen LogP contribution in [0.1, 0.15) is 31.7 Å². The molecule has 4 aromatic heterocycles. The van der Waals surface area contributed by atoms with Gasteiger partial charge in [-0.3, -0.25) is 41.3 Å². The first-order valence-electron chi connectivity index (χ1n) is 15.3. The third-order valence-corrected chi connectivity index (χ3v) is 10.3. The number of aromatic nitrogens is 8. The summed E-state index contributed by atoms with van der Waals surface area (Å²) in [5, 5.41) is 27.9. The first-order chi connectivity index (χ1) is 25.0. The highest BCUT2D eigenvalue weighted by molar-refractivity contribution is 7.48. The van der Waals surface area contributed by atoms with Crippen LogP contribution in [-0.2, 0) is 41.2 Å². The molecule has 0 radical (unpaired) electrons. The Morgan fingerprint density at radius 1 is 0.904 bits per heavy atom.